The molecule has 8 nitrogen and oxygen atoms in total. The topological polar surface area (TPSA) is 114 Å². The number of alkyl carbamates (subject to hydrolysis) is 1. The van der Waals surface area contributed by atoms with Crippen LogP contribution in [0.1, 0.15) is 49.1 Å². The fraction of sp³-hybridized carbons (Fsp3) is 0.444. The molecule has 1 saturated carbocycles. The van der Waals surface area contributed by atoms with Crippen LogP contribution in [0.4, 0.5) is 4.79 Å². The van der Waals surface area contributed by atoms with Gasteiger partial charge in [0.1, 0.15) is 12.6 Å². The Labute approximate surface area is 205 Å². The van der Waals surface area contributed by atoms with Crippen molar-refractivity contribution >= 4 is 18.0 Å². The Hall–Kier alpha value is -3.39. The van der Waals surface area contributed by atoms with E-state index in [0.29, 0.717) is 12.8 Å². The van der Waals surface area contributed by atoms with Crippen LogP contribution in [0, 0.1) is 5.92 Å². The minimum Gasteiger partial charge on any atom is -0.481 e. The third kappa shape index (κ3) is 5.65. The van der Waals surface area contributed by atoms with Crippen molar-refractivity contribution in [3.8, 4) is 11.1 Å². The Kier molecular flexibility index (Phi) is 8.02. The molecule has 8 heteroatoms. The number of carboxylic acids is 1. The summed E-state index contributed by atoms with van der Waals surface area (Å²) in [5.41, 5.74) is 4.46. The number of carbonyl (C=O) groups excluding carboxylic acids is 2. The van der Waals surface area contributed by atoms with Gasteiger partial charge >= 0.3 is 12.1 Å². The summed E-state index contributed by atoms with van der Waals surface area (Å²) in [6.45, 7) is 0.0748. The maximum Gasteiger partial charge on any atom is 0.407 e. The van der Waals surface area contributed by atoms with Crippen LogP contribution in [-0.4, -0.2) is 55.5 Å². The number of aliphatic carboxylic acids is 1. The van der Waals surface area contributed by atoms with E-state index in [2.05, 4.69) is 22.8 Å². The van der Waals surface area contributed by atoms with Gasteiger partial charge in [-0.3, -0.25) is 9.59 Å². The van der Waals surface area contributed by atoms with E-state index in [1.54, 1.807) is 0 Å². The Bertz CT molecular complexity index is 1030. The van der Waals surface area contributed by atoms with Gasteiger partial charge in [-0.2, -0.15) is 0 Å². The molecular weight excluding hydrogens is 448 g/mol. The fourth-order valence-electron chi connectivity index (χ4n) is 5.19. The first-order valence-corrected chi connectivity index (χ1v) is 12.1. The second-order valence-electron chi connectivity index (χ2n) is 9.18. The lowest BCUT2D eigenvalue weighted by Crippen LogP contribution is -2.54. The van der Waals surface area contributed by atoms with E-state index in [9.17, 15) is 19.5 Å². The number of fused-ring (bicyclic) bond motifs is 3. The molecule has 186 valence electrons. The van der Waals surface area contributed by atoms with Gasteiger partial charge in [-0.05, 0) is 35.1 Å². The van der Waals surface area contributed by atoms with Crippen LogP contribution in [0.25, 0.3) is 11.1 Å². The summed E-state index contributed by atoms with van der Waals surface area (Å²) in [5.74, 6) is -2.12. The number of hydrogen-bond acceptors (Lipinski definition) is 5. The average Bonchev–Trinajstić information content (AvgIpc) is 2.98. The molecule has 2 aliphatic rings. The summed E-state index contributed by atoms with van der Waals surface area (Å²) in [6.07, 6.45) is 3.00. The molecule has 2 aromatic carbocycles. The monoisotopic (exact) mass is 480 g/mol. The van der Waals surface area contributed by atoms with Crippen LogP contribution in [0.2, 0.25) is 0 Å². The summed E-state index contributed by atoms with van der Waals surface area (Å²) < 4.78 is 10.7. The zero-order valence-electron chi connectivity index (χ0n) is 19.9. The number of carboxylic acid groups (broad SMARTS) is 1. The first-order chi connectivity index (χ1) is 17.0. The van der Waals surface area contributed by atoms with Crippen LogP contribution in [0.15, 0.2) is 48.5 Å². The van der Waals surface area contributed by atoms with Crippen molar-refractivity contribution in [1.82, 2.24) is 10.6 Å². The highest BCUT2D eigenvalue weighted by atomic mass is 16.5. The minimum atomic E-state index is -0.992. The van der Waals surface area contributed by atoms with Crippen molar-refractivity contribution in [3.63, 3.8) is 0 Å². The van der Waals surface area contributed by atoms with Gasteiger partial charge in [0.25, 0.3) is 0 Å². The Morgan fingerprint density at radius 2 is 1.60 bits per heavy atom. The van der Waals surface area contributed by atoms with Crippen LogP contribution >= 0.6 is 0 Å². The highest BCUT2D eigenvalue weighted by Gasteiger charge is 2.33. The summed E-state index contributed by atoms with van der Waals surface area (Å²) in [7, 11) is 1.44. The van der Waals surface area contributed by atoms with Crippen molar-refractivity contribution in [1.29, 1.82) is 0 Å². The van der Waals surface area contributed by atoms with E-state index in [4.69, 9.17) is 9.47 Å². The Morgan fingerprint density at radius 3 is 2.23 bits per heavy atom. The van der Waals surface area contributed by atoms with Gasteiger partial charge in [-0.25, -0.2) is 4.79 Å². The van der Waals surface area contributed by atoms with Crippen LogP contribution in [0.5, 0.6) is 0 Å². The van der Waals surface area contributed by atoms with E-state index in [1.807, 2.05) is 36.4 Å². The normalized spacial score (nSPS) is 20.1. The SMILES string of the molecule is COC[C@H](NC(=O)OCC1c2ccccc2-c2ccccc21)C(=O)N[C@H]1CCCCC[C@H]1C(=O)O. The van der Waals surface area contributed by atoms with Crippen molar-refractivity contribution in [2.75, 3.05) is 20.3 Å². The van der Waals surface area contributed by atoms with Gasteiger partial charge in [-0.15, -0.1) is 0 Å². The van der Waals surface area contributed by atoms with Gasteiger partial charge < -0.3 is 25.2 Å². The number of hydrogen-bond donors (Lipinski definition) is 3. The summed E-state index contributed by atoms with van der Waals surface area (Å²) in [6, 6.07) is 14.6. The van der Waals surface area contributed by atoms with E-state index in [1.165, 1.54) is 7.11 Å². The quantitative estimate of drug-likeness (QED) is 0.497. The van der Waals surface area contributed by atoms with Gasteiger partial charge in [-0.1, -0.05) is 67.8 Å². The van der Waals surface area contributed by atoms with Crippen LogP contribution in [0.3, 0.4) is 0 Å². The molecule has 2 aromatic rings. The van der Waals surface area contributed by atoms with Crippen molar-refractivity contribution in [3.05, 3.63) is 59.7 Å². The van der Waals surface area contributed by atoms with Gasteiger partial charge in [0.15, 0.2) is 0 Å². The molecule has 3 atom stereocenters. The largest absolute Gasteiger partial charge is 0.481 e. The molecular formula is C27H32N2O6. The molecule has 2 aliphatic carbocycles. The lowest BCUT2D eigenvalue weighted by atomic mass is 9.94. The summed E-state index contributed by atoms with van der Waals surface area (Å²) >= 11 is 0. The number of nitrogens with one attached hydrogen (secondary N) is 2. The molecule has 0 heterocycles. The highest BCUT2D eigenvalue weighted by Crippen LogP contribution is 2.44. The molecule has 0 unspecified atom stereocenters. The Morgan fingerprint density at radius 1 is 0.971 bits per heavy atom. The van der Waals surface area contributed by atoms with Crippen LogP contribution < -0.4 is 10.6 Å². The lowest BCUT2D eigenvalue weighted by molar-refractivity contribution is -0.143. The molecule has 0 spiro atoms. The molecule has 4 rings (SSSR count). The maximum atomic E-state index is 13.0. The van der Waals surface area contributed by atoms with Crippen molar-refractivity contribution < 1.29 is 29.0 Å². The van der Waals surface area contributed by atoms with E-state index < -0.39 is 36.0 Å². The smallest absolute Gasteiger partial charge is 0.407 e. The van der Waals surface area contributed by atoms with Crippen LogP contribution in [-0.2, 0) is 19.1 Å². The zero-order valence-corrected chi connectivity index (χ0v) is 19.9. The fourth-order valence-corrected chi connectivity index (χ4v) is 5.19. The number of ether oxygens (including phenoxy) is 2. The first kappa shape index (κ1) is 24.7. The second kappa shape index (κ2) is 11.4. The van der Waals surface area contributed by atoms with E-state index in [0.717, 1.165) is 41.5 Å². The number of amides is 2. The third-order valence-corrected chi connectivity index (χ3v) is 6.95. The van der Waals surface area contributed by atoms with E-state index >= 15 is 0 Å². The number of carbonyl (C=O) groups is 3. The van der Waals surface area contributed by atoms with E-state index in [-0.39, 0.29) is 19.1 Å². The third-order valence-electron chi connectivity index (χ3n) is 6.95. The molecule has 1 fully saturated rings. The van der Waals surface area contributed by atoms with Crippen molar-refractivity contribution in [2.24, 2.45) is 5.92 Å². The predicted molar refractivity (Wildman–Crippen MR) is 130 cm³/mol. The zero-order chi connectivity index (χ0) is 24.8. The molecule has 2 amide bonds. The standard InChI is InChI=1S/C27H32N2O6/c1-34-16-24(25(30)28-23-14-4-2-3-13-21(23)26(31)32)29-27(33)35-15-22-19-11-7-5-9-17(19)18-10-6-8-12-20(18)22/h5-12,21-24H,2-4,13-16H2,1H3,(H,28,30)(H,29,33)(H,31,32)/t21-,23+,24+/m1/s1. The first-order valence-electron chi connectivity index (χ1n) is 12.1. The number of benzene rings is 2. The highest BCUT2D eigenvalue weighted by molar-refractivity contribution is 5.86. The molecule has 3 N–H and O–H groups in total. The second-order valence-corrected chi connectivity index (χ2v) is 9.18. The number of rotatable bonds is 8. The van der Waals surface area contributed by atoms with Gasteiger partial charge in [0.2, 0.25) is 5.91 Å². The summed E-state index contributed by atoms with van der Waals surface area (Å²) in [5, 5.41) is 15.0. The summed E-state index contributed by atoms with van der Waals surface area (Å²) in [4.78, 5) is 37.3. The maximum absolute atomic E-state index is 13.0. The van der Waals surface area contributed by atoms with Gasteiger partial charge in [0, 0.05) is 19.1 Å². The Balaban J connectivity index is 1.38. The molecule has 0 aliphatic heterocycles. The molecule has 0 radical (unpaired) electrons. The minimum absolute atomic E-state index is 0.0551. The van der Waals surface area contributed by atoms with Crippen molar-refractivity contribution in [2.45, 2.75) is 50.1 Å². The average molecular weight is 481 g/mol. The lowest BCUT2D eigenvalue weighted by Gasteiger charge is -2.26. The molecule has 0 saturated heterocycles. The molecule has 35 heavy (non-hydrogen) atoms. The van der Waals surface area contributed by atoms with Gasteiger partial charge in [0.05, 0.1) is 12.5 Å². The number of methoxy groups -OCH3 is 1. The molecule has 0 bridgehead atoms. The predicted octanol–water partition coefficient (Wildman–Crippen LogP) is 3.69. The molecule has 0 aromatic heterocycles.